The minimum Gasteiger partial charge on any atom is -0.337 e. The largest absolute Gasteiger partial charge is 0.337 e. The van der Waals surface area contributed by atoms with E-state index < -0.39 is 5.54 Å². The third kappa shape index (κ3) is 2.44. The summed E-state index contributed by atoms with van der Waals surface area (Å²) in [6.45, 7) is -0.0216. The van der Waals surface area contributed by atoms with E-state index in [4.69, 9.17) is 4.52 Å². The highest BCUT2D eigenvalue weighted by molar-refractivity contribution is 6.06. The van der Waals surface area contributed by atoms with Gasteiger partial charge in [-0.2, -0.15) is 4.98 Å². The van der Waals surface area contributed by atoms with Gasteiger partial charge in [0, 0.05) is 6.20 Å². The van der Waals surface area contributed by atoms with Crippen LogP contribution in [0, 0.1) is 0 Å². The Labute approximate surface area is 138 Å². The van der Waals surface area contributed by atoms with Gasteiger partial charge >= 0.3 is 6.03 Å². The molecule has 2 aromatic rings. The van der Waals surface area contributed by atoms with Crippen LogP contribution < -0.4 is 5.32 Å². The maximum Gasteiger partial charge on any atom is 0.325 e. The fourth-order valence-electron chi connectivity index (χ4n) is 3.37. The van der Waals surface area contributed by atoms with Crippen molar-refractivity contribution in [3.05, 3.63) is 30.3 Å². The second-order valence-corrected chi connectivity index (χ2v) is 6.19. The number of imide groups is 1. The molecule has 0 atom stereocenters. The molecule has 1 aliphatic heterocycles. The van der Waals surface area contributed by atoms with Gasteiger partial charge in [-0.15, -0.1) is 0 Å². The molecule has 2 aliphatic rings. The summed E-state index contributed by atoms with van der Waals surface area (Å²) in [6, 6.07) is 4.99. The smallest absolute Gasteiger partial charge is 0.325 e. The molecular formula is C16H17N5O3. The Hall–Kier alpha value is -2.77. The summed E-state index contributed by atoms with van der Waals surface area (Å²) in [5, 5.41) is 6.73. The Morgan fingerprint density at radius 2 is 2.04 bits per heavy atom. The van der Waals surface area contributed by atoms with Gasteiger partial charge in [-0.1, -0.05) is 30.5 Å². The number of hydrogen-bond acceptors (Lipinski definition) is 6. The Kier molecular flexibility index (Phi) is 3.51. The molecule has 2 aromatic heterocycles. The summed E-state index contributed by atoms with van der Waals surface area (Å²) < 4.78 is 5.18. The van der Waals surface area contributed by atoms with Gasteiger partial charge in [-0.3, -0.25) is 14.7 Å². The van der Waals surface area contributed by atoms with Gasteiger partial charge in [0.25, 0.3) is 5.91 Å². The summed E-state index contributed by atoms with van der Waals surface area (Å²) >= 11 is 0. The Morgan fingerprint density at radius 3 is 2.79 bits per heavy atom. The molecule has 4 rings (SSSR count). The van der Waals surface area contributed by atoms with Crippen molar-refractivity contribution in [2.24, 2.45) is 0 Å². The Morgan fingerprint density at radius 1 is 1.21 bits per heavy atom. The van der Waals surface area contributed by atoms with E-state index in [0.717, 1.165) is 19.3 Å². The van der Waals surface area contributed by atoms with Crippen molar-refractivity contribution < 1.29 is 14.1 Å². The maximum absolute atomic E-state index is 12.7. The highest BCUT2D eigenvalue weighted by Crippen LogP contribution is 2.34. The lowest BCUT2D eigenvalue weighted by atomic mass is 9.82. The van der Waals surface area contributed by atoms with Crippen molar-refractivity contribution >= 4 is 11.9 Å². The van der Waals surface area contributed by atoms with Crippen LogP contribution >= 0.6 is 0 Å². The molecule has 1 aliphatic carbocycles. The summed E-state index contributed by atoms with van der Waals surface area (Å²) in [6.07, 6.45) is 6.01. The average Bonchev–Trinajstić information content (AvgIpc) is 3.16. The second-order valence-electron chi connectivity index (χ2n) is 6.19. The van der Waals surface area contributed by atoms with Crippen LogP contribution in [-0.2, 0) is 11.3 Å². The summed E-state index contributed by atoms with van der Waals surface area (Å²) in [5.74, 6) is 0.363. The van der Waals surface area contributed by atoms with Gasteiger partial charge in [-0.05, 0) is 25.0 Å². The molecule has 0 radical (unpaired) electrons. The predicted octanol–water partition coefficient (Wildman–Crippen LogP) is 1.89. The lowest BCUT2D eigenvalue weighted by Gasteiger charge is -2.30. The number of carbonyl (C=O) groups excluding carboxylic acids is 2. The fraction of sp³-hybridized carbons (Fsp3) is 0.438. The minimum absolute atomic E-state index is 0.0216. The monoisotopic (exact) mass is 327 g/mol. The van der Waals surface area contributed by atoms with E-state index in [1.165, 1.54) is 4.90 Å². The minimum atomic E-state index is -0.737. The molecule has 0 bridgehead atoms. The zero-order chi connectivity index (χ0) is 16.6. The molecule has 1 saturated carbocycles. The van der Waals surface area contributed by atoms with Gasteiger partial charge in [0.15, 0.2) is 0 Å². The number of aromatic nitrogens is 3. The van der Waals surface area contributed by atoms with E-state index in [2.05, 4.69) is 20.4 Å². The highest BCUT2D eigenvalue weighted by atomic mass is 16.5. The van der Waals surface area contributed by atoms with Crippen LogP contribution in [0.5, 0.6) is 0 Å². The van der Waals surface area contributed by atoms with Gasteiger partial charge in [0.1, 0.15) is 17.8 Å². The van der Waals surface area contributed by atoms with E-state index in [9.17, 15) is 9.59 Å². The van der Waals surface area contributed by atoms with Crippen molar-refractivity contribution in [3.8, 4) is 11.5 Å². The third-order valence-corrected chi connectivity index (χ3v) is 4.61. The first kappa shape index (κ1) is 14.8. The van der Waals surface area contributed by atoms with Crippen LogP contribution in [0.1, 0.15) is 38.0 Å². The van der Waals surface area contributed by atoms with Gasteiger partial charge in [0.2, 0.25) is 11.7 Å². The van der Waals surface area contributed by atoms with Gasteiger partial charge < -0.3 is 9.84 Å². The van der Waals surface area contributed by atoms with Crippen LogP contribution in [0.25, 0.3) is 11.5 Å². The van der Waals surface area contributed by atoms with E-state index in [-0.39, 0.29) is 24.4 Å². The molecule has 3 amide bonds. The number of hydrogen-bond donors (Lipinski definition) is 1. The normalized spacial score (nSPS) is 19.8. The van der Waals surface area contributed by atoms with Crippen LogP contribution in [0.2, 0.25) is 0 Å². The summed E-state index contributed by atoms with van der Waals surface area (Å²) in [7, 11) is 0. The van der Waals surface area contributed by atoms with Crippen LogP contribution in [0.3, 0.4) is 0 Å². The molecule has 1 saturated heterocycles. The van der Waals surface area contributed by atoms with Crippen molar-refractivity contribution in [1.29, 1.82) is 0 Å². The lowest BCUT2D eigenvalue weighted by Crippen LogP contribution is -2.48. The Bertz CT molecular complexity index is 767. The number of nitrogens with zero attached hydrogens (tertiary/aromatic N) is 4. The third-order valence-electron chi connectivity index (χ3n) is 4.61. The topological polar surface area (TPSA) is 101 Å². The van der Waals surface area contributed by atoms with Crippen molar-refractivity contribution in [3.63, 3.8) is 0 Å². The molecule has 0 aromatic carbocycles. The van der Waals surface area contributed by atoms with Gasteiger partial charge in [-0.25, -0.2) is 4.79 Å². The second kappa shape index (κ2) is 5.70. The molecule has 24 heavy (non-hydrogen) atoms. The van der Waals surface area contributed by atoms with E-state index >= 15 is 0 Å². The molecule has 2 fully saturated rings. The quantitative estimate of drug-likeness (QED) is 0.864. The first-order valence-corrected chi connectivity index (χ1v) is 8.06. The molecule has 1 spiro atoms. The lowest BCUT2D eigenvalue weighted by molar-refractivity contribution is -0.133. The van der Waals surface area contributed by atoms with Crippen molar-refractivity contribution in [2.75, 3.05) is 0 Å². The van der Waals surface area contributed by atoms with E-state index in [1.54, 1.807) is 18.3 Å². The molecule has 124 valence electrons. The molecule has 3 heterocycles. The predicted molar refractivity (Wildman–Crippen MR) is 82.4 cm³/mol. The van der Waals surface area contributed by atoms with E-state index in [1.807, 2.05) is 6.07 Å². The maximum atomic E-state index is 12.7. The molecule has 1 N–H and O–H groups in total. The number of carbonyl (C=O) groups is 2. The zero-order valence-electron chi connectivity index (χ0n) is 13.1. The number of rotatable bonds is 3. The zero-order valence-corrected chi connectivity index (χ0v) is 13.1. The molecular weight excluding hydrogens is 310 g/mol. The van der Waals surface area contributed by atoms with E-state index in [0.29, 0.717) is 24.4 Å². The molecule has 0 unspecified atom stereocenters. The molecule has 8 heteroatoms. The highest BCUT2D eigenvalue weighted by Gasteiger charge is 2.51. The fourth-order valence-corrected chi connectivity index (χ4v) is 3.37. The van der Waals surface area contributed by atoms with Crippen molar-refractivity contribution in [2.45, 2.75) is 44.2 Å². The van der Waals surface area contributed by atoms with Crippen LogP contribution in [0.15, 0.2) is 28.9 Å². The number of urea groups is 1. The Balaban J connectivity index is 1.52. The first-order valence-electron chi connectivity index (χ1n) is 8.06. The van der Waals surface area contributed by atoms with Crippen molar-refractivity contribution in [1.82, 2.24) is 25.3 Å². The standard InChI is InChI=1S/C16H17N5O3/c22-14-16(7-3-1-4-8-16)19-15(23)21(14)10-12-18-13(20-24-12)11-6-2-5-9-17-11/h2,5-6,9H,1,3-4,7-8,10H2,(H,19,23). The average molecular weight is 327 g/mol. The van der Waals surface area contributed by atoms with Crippen LogP contribution in [-0.4, -0.2) is 37.5 Å². The first-order chi connectivity index (χ1) is 11.7. The number of pyridine rings is 1. The summed E-state index contributed by atoms with van der Waals surface area (Å²) in [5.41, 5.74) is -0.160. The van der Waals surface area contributed by atoms with Crippen LogP contribution in [0.4, 0.5) is 4.79 Å². The van der Waals surface area contributed by atoms with Gasteiger partial charge in [0.05, 0.1) is 0 Å². The summed E-state index contributed by atoms with van der Waals surface area (Å²) in [4.78, 5) is 34.5. The number of nitrogens with one attached hydrogen (secondary N) is 1. The SMILES string of the molecule is O=C1NC2(CCCCC2)C(=O)N1Cc1nc(-c2ccccn2)no1. The number of amides is 3. The molecule has 8 nitrogen and oxygen atoms in total.